The Kier molecular flexibility index (Phi) is 6.16. The van der Waals surface area contributed by atoms with Crippen LogP contribution < -0.4 is 10.6 Å². The van der Waals surface area contributed by atoms with E-state index in [9.17, 15) is 0 Å². The molecule has 0 aromatic heterocycles. The summed E-state index contributed by atoms with van der Waals surface area (Å²) in [5.74, 6) is 0. The lowest BCUT2D eigenvalue weighted by atomic mass is 10.1. The molecule has 0 amide bonds. The Labute approximate surface area is 160 Å². The van der Waals surface area contributed by atoms with E-state index in [1.165, 1.54) is 5.56 Å². The number of hydrogen-bond donors (Lipinski definition) is 2. The molecule has 0 aliphatic carbocycles. The first-order valence-corrected chi connectivity index (χ1v) is 9.11. The van der Waals surface area contributed by atoms with Gasteiger partial charge in [0, 0.05) is 23.6 Å². The summed E-state index contributed by atoms with van der Waals surface area (Å²) >= 11 is 6.31. The van der Waals surface area contributed by atoms with Gasteiger partial charge in [-0.05, 0) is 68.5 Å². The lowest BCUT2D eigenvalue weighted by Crippen LogP contribution is -2.15. The van der Waals surface area contributed by atoms with Crippen LogP contribution in [0.1, 0.15) is 5.56 Å². The predicted octanol–water partition coefficient (Wildman–Crippen LogP) is 5.93. The van der Waals surface area contributed by atoms with Crippen molar-refractivity contribution >= 4 is 34.4 Å². The molecule has 26 heavy (non-hydrogen) atoms. The number of halogens is 1. The van der Waals surface area contributed by atoms with Crippen LogP contribution >= 0.6 is 11.6 Å². The Balaban J connectivity index is 1.86. The molecule has 3 aromatic carbocycles. The molecular weight excluding hydrogens is 342 g/mol. The van der Waals surface area contributed by atoms with Crippen molar-refractivity contribution < 1.29 is 0 Å². The Morgan fingerprint density at radius 1 is 0.769 bits per heavy atom. The van der Waals surface area contributed by atoms with E-state index < -0.39 is 0 Å². The lowest BCUT2D eigenvalue weighted by molar-refractivity contribution is 0.414. The van der Waals surface area contributed by atoms with Gasteiger partial charge in [0.05, 0.1) is 10.7 Å². The quantitative estimate of drug-likeness (QED) is 0.543. The minimum absolute atomic E-state index is 0.720. The predicted molar refractivity (Wildman–Crippen MR) is 113 cm³/mol. The standard InChI is InChI=1S/C22H24ClN3/c1-26(2)15-14-17-16-19(24-18-8-4-3-5-9-18)12-13-21(17)25-22-11-7-6-10-20(22)23/h3-13,16,24-25H,14-15H2,1-2H3. The van der Waals surface area contributed by atoms with Gasteiger partial charge in [0.25, 0.3) is 0 Å². The highest BCUT2D eigenvalue weighted by Crippen LogP contribution is 2.29. The molecular formula is C22H24ClN3. The highest BCUT2D eigenvalue weighted by molar-refractivity contribution is 6.33. The lowest BCUT2D eigenvalue weighted by Gasteiger charge is -2.17. The van der Waals surface area contributed by atoms with Gasteiger partial charge in [0.2, 0.25) is 0 Å². The molecule has 0 radical (unpaired) electrons. The fourth-order valence-electron chi connectivity index (χ4n) is 2.74. The van der Waals surface area contributed by atoms with Crippen LogP contribution in [-0.2, 0) is 6.42 Å². The number of rotatable bonds is 7. The molecule has 0 atom stereocenters. The fourth-order valence-corrected chi connectivity index (χ4v) is 2.92. The monoisotopic (exact) mass is 365 g/mol. The van der Waals surface area contributed by atoms with Crippen LogP contribution in [0.2, 0.25) is 5.02 Å². The first-order chi connectivity index (χ1) is 12.6. The first-order valence-electron chi connectivity index (χ1n) is 8.73. The van der Waals surface area contributed by atoms with E-state index in [0.717, 1.165) is 40.7 Å². The molecule has 4 heteroatoms. The van der Waals surface area contributed by atoms with Gasteiger partial charge >= 0.3 is 0 Å². The van der Waals surface area contributed by atoms with Crippen molar-refractivity contribution in [2.75, 3.05) is 31.3 Å². The minimum Gasteiger partial charge on any atom is -0.356 e. The van der Waals surface area contributed by atoms with Crippen molar-refractivity contribution in [3.05, 3.63) is 83.4 Å². The second-order valence-corrected chi connectivity index (χ2v) is 6.93. The van der Waals surface area contributed by atoms with Crippen LogP contribution in [0.25, 0.3) is 0 Å². The largest absolute Gasteiger partial charge is 0.356 e. The van der Waals surface area contributed by atoms with Crippen molar-refractivity contribution in [1.29, 1.82) is 0 Å². The maximum absolute atomic E-state index is 6.31. The van der Waals surface area contributed by atoms with Gasteiger partial charge in [-0.2, -0.15) is 0 Å². The van der Waals surface area contributed by atoms with E-state index in [4.69, 9.17) is 11.6 Å². The van der Waals surface area contributed by atoms with Gasteiger partial charge in [-0.15, -0.1) is 0 Å². The molecule has 0 saturated heterocycles. The molecule has 0 saturated carbocycles. The van der Waals surface area contributed by atoms with Crippen molar-refractivity contribution in [3.8, 4) is 0 Å². The smallest absolute Gasteiger partial charge is 0.0640 e. The van der Waals surface area contributed by atoms with Gasteiger partial charge in [-0.25, -0.2) is 0 Å². The molecule has 0 aliphatic heterocycles. The van der Waals surface area contributed by atoms with Crippen molar-refractivity contribution in [3.63, 3.8) is 0 Å². The second-order valence-electron chi connectivity index (χ2n) is 6.52. The Morgan fingerprint density at radius 3 is 2.23 bits per heavy atom. The third kappa shape index (κ3) is 5.01. The number of nitrogens with one attached hydrogen (secondary N) is 2. The number of para-hydroxylation sites is 2. The minimum atomic E-state index is 0.720. The van der Waals surface area contributed by atoms with Gasteiger partial charge in [0.1, 0.15) is 0 Å². The summed E-state index contributed by atoms with van der Waals surface area (Å²) in [5, 5.41) is 7.66. The Bertz CT molecular complexity index is 847. The van der Waals surface area contributed by atoms with E-state index in [1.54, 1.807) is 0 Å². The molecule has 2 N–H and O–H groups in total. The molecule has 0 aliphatic rings. The van der Waals surface area contributed by atoms with Crippen LogP contribution in [0.5, 0.6) is 0 Å². The zero-order chi connectivity index (χ0) is 18.4. The molecule has 0 bridgehead atoms. The summed E-state index contributed by atoms with van der Waals surface area (Å²) in [5.41, 5.74) is 5.41. The molecule has 0 unspecified atom stereocenters. The Hall–Kier alpha value is -2.49. The average Bonchev–Trinajstić information content (AvgIpc) is 2.64. The third-order valence-electron chi connectivity index (χ3n) is 4.14. The molecule has 3 rings (SSSR count). The number of anilines is 4. The van der Waals surface area contributed by atoms with Gasteiger partial charge < -0.3 is 15.5 Å². The fraction of sp³-hybridized carbons (Fsp3) is 0.182. The zero-order valence-electron chi connectivity index (χ0n) is 15.2. The van der Waals surface area contributed by atoms with Crippen molar-refractivity contribution in [2.45, 2.75) is 6.42 Å². The topological polar surface area (TPSA) is 27.3 Å². The molecule has 3 nitrogen and oxygen atoms in total. The maximum Gasteiger partial charge on any atom is 0.0640 e. The van der Waals surface area contributed by atoms with Crippen molar-refractivity contribution in [2.24, 2.45) is 0 Å². The number of nitrogens with zero attached hydrogens (tertiary/aromatic N) is 1. The summed E-state index contributed by atoms with van der Waals surface area (Å²) in [4.78, 5) is 2.19. The number of likely N-dealkylation sites (N-methyl/N-ethyl adjacent to an activating group) is 1. The first kappa shape index (κ1) is 18.3. The highest BCUT2D eigenvalue weighted by Gasteiger charge is 2.08. The molecule has 0 spiro atoms. The van der Waals surface area contributed by atoms with Gasteiger partial charge in [-0.3, -0.25) is 0 Å². The summed E-state index contributed by atoms with van der Waals surface area (Å²) in [6.07, 6.45) is 0.949. The summed E-state index contributed by atoms with van der Waals surface area (Å²) < 4.78 is 0. The molecule has 0 fully saturated rings. The van der Waals surface area contributed by atoms with Crippen LogP contribution in [-0.4, -0.2) is 25.5 Å². The van der Waals surface area contributed by atoms with Crippen molar-refractivity contribution in [1.82, 2.24) is 4.90 Å². The normalized spacial score (nSPS) is 10.8. The number of benzene rings is 3. The molecule has 134 valence electrons. The van der Waals surface area contributed by atoms with E-state index >= 15 is 0 Å². The van der Waals surface area contributed by atoms with Crippen LogP contribution in [0.15, 0.2) is 72.8 Å². The molecule has 3 aromatic rings. The third-order valence-corrected chi connectivity index (χ3v) is 4.47. The summed E-state index contributed by atoms with van der Waals surface area (Å²) in [7, 11) is 4.18. The van der Waals surface area contributed by atoms with Gasteiger partial charge in [-0.1, -0.05) is 41.9 Å². The second kappa shape index (κ2) is 8.75. The summed E-state index contributed by atoms with van der Waals surface area (Å²) in [6, 6.07) is 24.4. The van der Waals surface area contributed by atoms with Crippen LogP contribution in [0.3, 0.4) is 0 Å². The maximum atomic E-state index is 6.31. The van der Waals surface area contributed by atoms with Crippen LogP contribution in [0.4, 0.5) is 22.7 Å². The van der Waals surface area contributed by atoms with E-state index in [1.807, 2.05) is 42.5 Å². The van der Waals surface area contributed by atoms with Gasteiger partial charge in [0.15, 0.2) is 0 Å². The Morgan fingerprint density at radius 2 is 1.50 bits per heavy atom. The average molecular weight is 366 g/mol. The highest BCUT2D eigenvalue weighted by atomic mass is 35.5. The van der Waals surface area contributed by atoms with E-state index in [0.29, 0.717) is 0 Å². The molecule has 0 heterocycles. The SMILES string of the molecule is CN(C)CCc1cc(Nc2ccccc2)ccc1Nc1ccccc1Cl. The van der Waals surface area contributed by atoms with Crippen LogP contribution in [0, 0.1) is 0 Å². The van der Waals surface area contributed by atoms with E-state index in [2.05, 4.69) is 60.0 Å². The number of hydrogen-bond acceptors (Lipinski definition) is 3. The zero-order valence-corrected chi connectivity index (χ0v) is 15.9. The summed E-state index contributed by atoms with van der Waals surface area (Å²) in [6.45, 7) is 0.978. The van der Waals surface area contributed by atoms with E-state index in [-0.39, 0.29) is 0 Å².